The quantitative estimate of drug-likeness (QED) is 0.468. The SMILES string of the molecule is CC/C=C(\CCCC)C(=O)OC. The van der Waals surface area contributed by atoms with Gasteiger partial charge in [0.25, 0.3) is 0 Å². The maximum Gasteiger partial charge on any atom is 0.333 e. The van der Waals surface area contributed by atoms with Gasteiger partial charge < -0.3 is 4.74 Å². The van der Waals surface area contributed by atoms with E-state index in [2.05, 4.69) is 11.7 Å². The monoisotopic (exact) mass is 170 g/mol. The number of esters is 1. The van der Waals surface area contributed by atoms with Gasteiger partial charge in [0.05, 0.1) is 7.11 Å². The number of hydrogen-bond donors (Lipinski definition) is 0. The third-order valence-corrected chi connectivity index (χ3v) is 1.70. The van der Waals surface area contributed by atoms with Crippen molar-refractivity contribution in [2.24, 2.45) is 0 Å². The van der Waals surface area contributed by atoms with E-state index in [1.165, 1.54) is 7.11 Å². The lowest BCUT2D eigenvalue weighted by atomic mass is 10.1. The summed E-state index contributed by atoms with van der Waals surface area (Å²) >= 11 is 0. The normalized spacial score (nSPS) is 11.4. The Labute approximate surface area is 74.6 Å². The third-order valence-electron chi connectivity index (χ3n) is 1.70. The average molecular weight is 170 g/mol. The first-order valence-electron chi connectivity index (χ1n) is 4.53. The van der Waals surface area contributed by atoms with Crippen molar-refractivity contribution >= 4 is 5.97 Å². The van der Waals surface area contributed by atoms with Crippen LogP contribution < -0.4 is 0 Å². The van der Waals surface area contributed by atoms with Gasteiger partial charge >= 0.3 is 5.97 Å². The van der Waals surface area contributed by atoms with E-state index in [0.29, 0.717) is 0 Å². The van der Waals surface area contributed by atoms with Gasteiger partial charge in [0, 0.05) is 5.57 Å². The van der Waals surface area contributed by atoms with Gasteiger partial charge in [0.1, 0.15) is 0 Å². The van der Waals surface area contributed by atoms with Gasteiger partial charge in [-0.15, -0.1) is 0 Å². The topological polar surface area (TPSA) is 26.3 Å². The molecule has 0 radical (unpaired) electrons. The van der Waals surface area contributed by atoms with E-state index in [1.54, 1.807) is 0 Å². The zero-order valence-corrected chi connectivity index (χ0v) is 8.22. The molecule has 0 fully saturated rings. The maximum absolute atomic E-state index is 11.1. The predicted molar refractivity (Wildman–Crippen MR) is 49.9 cm³/mol. The number of hydrogen-bond acceptors (Lipinski definition) is 2. The van der Waals surface area contributed by atoms with Crippen molar-refractivity contribution in [3.8, 4) is 0 Å². The van der Waals surface area contributed by atoms with Crippen LogP contribution in [-0.2, 0) is 9.53 Å². The summed E-state index contributed by atoms with van der Waals surface area (Å²) in [4.78, 5) is 11.1. The molecule has 0 bridgehead atoms. The van der Waals surface area contributed by atoms with Crippen molar-refractivity contribution in [3.05, 3.63) is 11.6 Å². The van der Waals surface area contributed by atoms with Crippen LogP contribution in [0.1, 0.15) is 39.5 Å². The van der Waals surface area contributed by atoms with Crippen molar-refractivity contribution in [2.75, 3.05) is 7.11 Å². The smallest absolute Gasteiger partial charge is 0.333 e. The molecule has 0 saturated heterocycles. The lowest BCUT2D eigenvalue weighted by Crippen LogP contribution is -2.04. The lowest BCUT2D eigenvalue weighted by Gasteiger charge is -2.03. The number of unbranched alkanes of at least 4 members (excludes halogenated alkanes) is 1. The summed E-state index contributed by atoms with van der Waals surface area (Å²) in [6, 6.07) is 0. The standard InChI is InChI=1S/C10H18O2/c1-4-6-8-9(7-5-2)10(11)12-3/h7H,4-6,8H2,1-3H3/b9-7+. The van der Waals surface area contributed by atoms with Gasteiger partial charge in [0.2, 0.25) is 0 Å². The number of ether oxygens (including phenoxy) is 1. The summed E-state index contributed by atoms with van der Waals surface area (Å²) in [5.74, 6) is -0.176. The van der Waals surface area contributed by atoms with Crippen LogP contribution in [0.5, 0.6) is 0 Å². The highest BCUT2D eigenvalue weighted by atomic mass is 16.5. The highest BCUT2D eigenvalue weighted by Crippen LogP contribution is 2.09. The highest BCUT2D eigenvalue weighted by Gasteiger charge is 2.06. The Morgan fingerprint density at radius 3 is 2.50 bits per heavy atom. The number of carbonyl (C=O) groups excluding carboxylic acids is 1. The highest BCUT2D eigenvalue weighted by molar-refractivity contribution is 5.88. The molecular formula is C10H18O2. The summed E-state index contributed by atoms with van der Waals surface area (Å²) in [5, 5.41) is 0. The van der Waals surface area contributed by atoms with E-state index >= 15 is 0 Å². The number of methoxy groups -OCH3 is 1. The van der Waals surface area contributed by atoms with Gasteiger partial charge in [-0.25, -0.2) is 4.79 Å². The van der Waals surface area contributed by atoms with Crippen molar-refractivity contribution in [2.45, 2.75) is 39.5 Å². The molecule has 0 spiro atoms. The largest absolute Gasteiger partial charge is 0.466 e. The molecular weight excluding hydrogens is 152 g/mol. The molecule has 0 aliphatic rings. The Morgan fingerprint density at radius 2 is 2.08 bits per heavy atom. The molecule has 0 amide bonds. The molecule has 0 aromatic heterocycles. The second-order valence-corrected chi connectivity index (χ2v) is 2.73. The number of carbonyl (C=O) groups is 1. The maximum atomic E-state index is 11.1. The molecule has 0 rings (SSSR count). The molecule has 70 valence electrons. The Morgan fingerprint density at radius 1 is 1.42 bits per heavy atom. The summed E-state index contributed by atoms with van der Waals surface area (Å²) < 4.78 is 4.65. The van der Waals surface area contributed by atoms with Crippen LogP contribution >= 0.6 is 0 Å². The second-order valence-electron chi connectivity index (χ2n) is 2.73. The Balaban J connectivity index is 4.04. The van der Waals surface area contributed by atoms with E-state index in [9.17, 15) is 4.79 Å². The van der Waals surface area contributed by atoms with E-state index < -0.39 is 0 Å². The van der Waals surface area contributed by atoms with Crippen LogP contribution in [0.3, 0.4) is 0 Å². The van der Waals surface area contributed by atoms with Gasteiger partial charge in [0.15, 0.2) is 0 Å². The first kappa shape index (κ1) is 11.2. The minimum Gasteiger partial charge on any atom is -0.466 e. The summed E-state index contributed by atoms with van der Waals surface area (Å²) in [5.41, 5.74) is 0.821. The van der Waals surface area contributed by atoms with E-state index in [1.807, 2.05) is 13.0 Å². The molecule has 0 aliphatic heterocycles. The predicted octanol–water partition coefficient (Wildman–Crippen LogP) is 2.69. The molecule has 2 heteroatoms. The Kier molecular flexibility index (Phi) is 6.44. The fourth-order valence-corrected chi connectivity index (χ4v) is 1.03. The zero-order valence-electron chi connectivity index (χ0n) is 8.22. The zero-order chi connectivity index (χ0) is 9.40. The minimum atomic E-state index is -0.176. The average Bonchev–Trinajstić information content (AvgIpc) is 2.11. The Hall–Kier alpha value is -0.790. The van der Waals surface area contributed by atoms with Crippen LogP contribution in [0, 0.1) is 0 Å². The van der Waals surface area contributed by atoms with Crippen LogP contribution in [0.25, 0.3) is 0 Å². The summed E-state index contributed by atoms with van der Waals surface area (Å²) in [6.07, 6.45) is 5.85. The molecule has 0 unspecified atom stereocenters. The van der Waals surface area contributed by atoms with Crippen LogP contribution in [-0.4, -0.2) is 13.1 Å². The van der Waals surface area contributed by atoms with Crippen molar-refractivity contribution in [1.29, 1.82) is 0 Å². The van der Waals surface area contributed by atoms with Crippen molar-refractivity contribution in [3.63, 3.8) is 0 Å². The van der Waals surface area contributed by atoms with Gasteiger partial charge in [-0.05, 0) is 19.3 Å². The first-order chi connectivity index (χ1) is 5.76. The molecule has 0 saturated carbocycles. The van der Waals surface area contributed by atoms with Gasteiger partial charge in [-0.2, -0.15) is 0 Å². The fraction of sp³-hybridized carbons (Fsp3) is 0.700. The third kappa shape index (κ3) is 4.16. The Bertz CT molecular complexity index is 159. The van der Waals surface area contributed by atoms with Crippen LogP contribution in [0.2, 0.25) is 0 Å². The molecule has 0 atom stereocenters. The van der Waals surface area contributed by atoms with Crippen LogP contribution in [0.4, 0.5) is 0 Å². The minimum absolute atomic E-state index is 0.176. The van der Waals surface area contributed by atoms with Crippen LogP contribution in [0.15, 0.2) is 11.6 Å². The van der Waals surface area contributed by atoms with Gasteiger partial charge in [-0.3, -0.25) is 0 Å². The van der Waals surface area contributed by atoms with E-state index in [0.717, 1.165) is 31.3 Å². The molecule has 0 aliphatic carbocycles. The van der Waals surface area contributed by atoms with E-state index in [-0.39, 0.29) is 5.97 Å². The lowest BCUT2D eigenvalue weighted by molar-refractivity contribution is -0.136. The second kappa shape index (κ2) is 6.89. The summed E-state index contributed by atoms with van der Waals surface area (Å²) in [7, 11) is 1.43. The number of allylic oxidation sites excluding steroid dienone is 1. The molecule has 2 nitrogen and oxygen atoms in total. The molecule has 0 N–H and O–H groups in total. The first-order valence-corrected chi connectivity index (χ1v) is 4.53. The molecule has 0 aromatic rings. The molecule has 0 aromatic carbocycles. The van der Waals surface area contributed by atoms with E-state index in [4.69, 9.17) is 0 Å². The van der Waals surface area contributed by atoms with Crippen molar-refractivity contribution < 1.29 is 9.53 Å². The number of rotatable bonds is 5. The van der Waals surface area contributed by atoms with Crippen molar-refractivity contribution in [1.82, 2.24) is 0 Å². The van der Waals surface area contributed by atoms with Gasteiger partial charge in [-0.1, -0.05) is 26.3 Å². The summed E-state index contributed by atoms with van der Waals surface area (Å²) in [6.45, 7) is 4.13. The molecule has 0 heterocycles. The fourth-order valence-electron chi connectivity index (χ4n) is 1.03. The molecule has 12 heavy (non-hydrogen) atoms.